The van der Waals surface area contributed by atoms with Crippen molar-refractivity contribution < 1.29 is 13.2 Å². The summed E-state index contributed by atoms with van der Waals surface area (Å²) in [4.78, 5) is 18.5. The smallest absolute Gasteiger partial charge is 0.253 e. The van der Waals surface area contributed by atoms with Crippen molar-refractivity contribution in [2.75, 3.05) is 16.4 Å². The van der Waals surface area contributed by atoms with Gasteiger partial charge in [0.25, 0.3) is 5.91 Å². The van der Waals surface area contributed by atoms with Gasteiger partial charge in [-0.3, -0.25) is 4.79 Å². The number of amidine groups is 1. The highest BCUT2D eigenvalue weighted by molar-refractivity contribution is 8.16. The van der Waals surface area contributed by atoms with E-state index in [0.717, 1.165) is 5.69 Å². The Balaban J connectivity index is 2.01. The fraction of sp³-hybridized carbons (Fsp3) is 0.500. The van der Waals surface area contributed by atoms with E-state index in [4.69, 9.17) is 11.6 Å². The van der Waals surface area contributed by atoms with Crippen LogP contribution in [-0.4, -0.2) is 42.3 Å². The van der Waals surface area contributed by atoms with E-state index in [1.54, 1.807) is 12.1 Å². The first-order valence-corrected chi connectivity index (χ1v) is 10.7. The Bertz CT molecular complexity index is 798. The summed E-state index contributed by atoms with van der Waals surface area (Å²) >= 11 is 7.33. The van der Waals surface area contributed by atoms with Gasteiger partial charge in [-0.25, -0.2) is 8.42 Å². The second-order valence-corrected chi connectivity index (χ2v) is 10.9. The molecule has 1 aromatic carbocycles. The lowest BCUT2D eigenvalue weighted by Gasteiger charge is -2.25. The molecule has 0 radical (unpaired) electrons. The van der Waals surface area contributed by atoms with Crippen LogP contribution in [-0.2, 0) is 14.6 Å². The van der Waals surface area contributed by atoms with Gasteiger partial charge in [0.15, 0.2) is 15.0 Å². The summed E-state index contributed by atoms with van der Waals surface area (Å²) in [6.07, 6.45) is 0. The zero-order valence-corrected chi connectivity index (χ0v) is 16.1. The van der Waals surface area contributed by atoms with Crippen molar-refractivity contribution in [1.29, 1.82) is 0 Å². The van der Waals surface area contributed by atoms with Crippen molar-refractivity contribution in [1.82, 2.24) is 0 Å². The molecule has 3 rings (SSSR count). The number of anilines is 1. The number of amides is 1. The average molecular weight is 387 g/mol. The van der Waals surface area contributed by atoms with Gasteiger partial charge < -0.3 is 4.90 Å². The Morgan fingerprint density at radius 3 is 2.46 bits per heavy atom. The van der Waals surface area contributed by atoms with Gasteiger partial charge in [0.05, 0.1) is 17.5 Å². The van der Waals surface area contributed by atoms with E-state index in [1.807, 2.05) is 37.8 Å². The first kappa shape index (κ1) is 17.8. The van der Waals surface area contributed by atoms with Gasteiger partial charge in [-0.1, -0.05) is 44.1 Å². The zero-order chi connectivity index (χ0) is 17.7. The zero-order valence-electron chi connectivity index (χ0n) is 13.7. The lowest BCUT2D eigenvalue weighted by atomic mass is 9.96. The molecular weight excluding hydrogens is 368 g/mol. The minimum atomic E-state index is -3.06. The number of hydrogen-bond donors (Lipinski definition) is 0. The SMILES string of the molecule is CC(C)(C)C(=O)N=C1S[C@@H]2CS(=O)(=O)C[C@@H]2N1c1ccc(Cl)cc1. The Morgan fingerprint density at radius 1 is 1.25 bits per heavy atom. The molecule has 24 heavy (non-hydrogen) atoms. The summed E-state index contributed by atoms with van der Waals surface area (Å²) in [7, 11) is -3.06. The molecule has 1 amide bonds. The number of halogens is 1. The number of aliphatic imine (C=N–C) groups is 1. The molecule has 0 bridgehead atoms. The van der Waals surface area contributed by atoms with Crippen molar-refractivity contribution in [2.45, 2.75) is 32.1 Å². The normalized spacial score (nSPS) is 27.5. The standard InChI is InChI=1S/C16H19ClN2O3S2/c1-16(2,3)14(20)18-15-19(11-6-4-10(17)5-7-11)12-8-24(21,22)9-13(12)23-15/h4-7,12-13H,8-9H2,1-3H3/t12-,13+/m0/s1. The molecule has 2 fully saturated rings. The molecule has 5 nitrogen and oxygen atoms in total. The lowest BCUT2D eigenvalue weighted by Crippen LogP contribution is -2.38. The molecule has 2 atom stereocenters. The van der Waals surface area contributed by atoms with Crippen LogP contribution in [0.25, 0.3) is 0 Å². The maximum Gasteiger partial charge on any atom is 0.253 e. The lowest BCUT2D eigenvalue weighted by molar-refractivity contribution is -0.124. The van der Waals surface area contributed by atoms with Crippen molar-refractivity contribution in [3.8, 4) is 0 Å². The molecule has 130 valence electrons. The third-order valence-corrected chi connectivity index (χ3v) is 7.47. The quantitative estimate of drug-likeness (QED) is 0.742. The summed E-state index contributed by atoms with van der Waals surface area (Å²) in [5, 5.41) is 1.07. The Morgan fingerprint density at radius 2 is 1.88 bits per heavy atom. The van der Waals surface area contributed by atoms with Crippen molar-refractivity contribution in [2.24, 2.45) is 10.4 Å². The Kier molecular flexibility index (Phi) is 4.47. The van der Waals surface area contributed by atoms with Crippen LogP contribution in [0.1, 0.15) is 20.8 Å². The van der Waals surface area contributed by atoms with Gasteiger partial charge in [0.1, 0.15) is 0 Å². The Labute approximate surface area is 151 Å². The fourth-order valence-electron chi connectivity index (χ4n) is 2.72. The van der Waals surface area contributed by atoms with Crippen LogP contribution >= 0.6 is 23.4 Å². The first-order chi connectivity index (χ1) is 11.1. The second-order valence-electron chi connectivity index (χ2n) is 7.10. The van der Waals surface area contributed by atoms with Crippen LogP contribution in [0.2, 0.25) is 5.02 Å². The maximum atomic E-state index is 12.3. The molecule has 0 aromatic heterocycles. The molecule has 0 aliphatic carbocycles. The predicted molar refractivity (Wildman–Crippen MR) is 99.6 cm³/mol. The molecule has 2 heterocycles. The molecule has 0 saturated carbocycles. The molecule has 2 aliphatic heterocycles. The van der Waals surface area contributed by atoms with Gasteiger partial charge in [0, 0.05) is 21.4 Å². The molecule has 8 heteroatoms. The van der Waals surface area contributed by atoms with E-state index in [0.29, 0.717) is 10.2 Å². The summed E-state index contributed by atoms with van der Waals surface area (Å²) in [5.74, 6) is -0.0164. The van der Waals surface area contributed by atoms with Crippen LogP contribution < -0.4 is 4.90 Å². The van der Waals surface area contributed by atoms with E-state index in [1.165, 1.54) is 11.8 Å². The van der Waals surface area contributed by atoms with E-state index in [2.05, 4.69) is 4.99 Å². The summed E-state index contributed by atoms with van der Waals surface area (Å²) in [6, 6.07) is 6.96. The number of carbonyl (C=O) groups excluding carboxylic acids is 1. The largest absolute Gasteiger partial charge is 0.316 e. The van der Waals surface area contributed by atoms with Crippen LogP contribution in [0, 0.1) is 5.41 Å². The summed E-state index contributed by atoms with van der Waals surface area (Å²) in [5.41, 5.74) is 0.222. The van der Waals surface area contributed by atoms with Crippen LogP contribution in [0.4, 0.5) is 5.69 Å². The van der Waals surface area contributed by atoms with Crippen LogP contribution in [0.3, 0.4) is 0 Å². The third kappa shape index (κ3) is 3.48. The maximum absolute atomic E-state index is 12.3. The number of fused-ring (bicyclic) bond motifs is 1. The van der Waals surface area contributed by atoms with Crippen LogP contribution in [0.5, 0.6) is 0 Å². The highest BCUT2D eigenvalue weighted by atomic mass is 35.5. The van der Waals surface area contributed by atoms with Crippen molar-refractivity contribution in [3.63, 3.8) is 0 Å². The highest BCUT2D eigenvalue weighted by Gasteiger charge is 2.49. The minimum Gasteiger partial charge on any atom is -0.316 e. The van der Waals surface area contributed by atoms with Gasteiger partial charge in [0.2, 0.25) is 0 Å². The minimum absolute atomic E-state index is 0.0794. The average Bonchev–Trinajstić information content (AvgIpc) is 2.90. The van der Waals surface area contributed by atoms with E-state index in [9.17, 15) is 13.2 Å². The van der Waals surface area contributed by atoms with Gasteiger partial charge >= 0.3 is 0 Å². The van der Waals surface area contributed by atoms with Crippen molar-refractivity contribution >= 4 is 50.0 Å². The number of rotatable bonds is 1. The molecule has 0 spiro atoms. The number of sulfone groups is 1. The third-order valence-electron chi connectivity index (χ3n) is 4.01. The predicted octanol–water partition coefficient (Wildman–Crippen LogP) is 2.99. The van der Waals surface area contributed by atoms with E-state index >= 15 is 0 Å². The molecule has 1 aromatic rings. The first-order valence-electron chi connectivity index (χ1n) is 7.62. The molecule has 0 unspecified atom stereocenters. The van der Waals surface area contributed by atoms with Crippen molar-refractivity contribution in [3.05, 3.63) is 29.3 Å². The number of nitrogens with zero attached hydrogens (tertiary/aromatic N) is 2. The molecule has 0 N–H and O–H groups in total. The number of benzene rings is 1. The highest BCUT2D eigenvalue weighted by Crippen LogP contribution is 2.41. The summed E-state index contributed by atoms with van der Waals surface area (Å²) in [6.45, 7) is 5.45. The number of thioether (sulfide) groups is 1. The topological polar surface area (TPSA) is 66.8 Å². The van der Waals surface area contributed by atoms with E-state index < -0.39 is 15.3 Å². The Hall–Kier alpha value is -1.05. The van der Waals surface area contributed by atoms with Crippen LogP contribution in [0.15, 0.2) is 29.3 Å². The summed E-state index contributed by atoms with van der Waals surface area (Å²) < 4.78 is 24.0. The monoisotopic (exact) mass is 386 g/mol. The van der Waals surface area contributed by atoms with Gasteiger partial charge in [-0.15, -0.1) is 0 Å². The van der Waals surface area contributed by atoms with E-state index in [-0.39, 0.29) is 28.7 Å². The molecular formula is C16H19ClN2O3S2. The molecule has 2 saturated heterocycles. The van der Waals surface area contributed by atoms with Gasteiger partial charge in [-0.2, -0.15) is 4.99 Å². The molecule has 2 aliphatic rings. The second kappa shape index (κ2) is 6.04. The number of carbonyl (C=O) groups is 1. The fourth-order valence-corrected chi connectivity index (χ4v) is 6.76. The number of hydrogen-bond acceptors (Lipinski definition) is 4. The van der Waals surface area contributed by atoms with Gasteiger partial charge in [-0.05, 0) is 24.3 Å².